The minimum atomic E-state index is -0.796. The monoisotopic (exact) mass is 535 g/mol. The Kier molecular flexibility index (Phi) is 5.98. The first-order valence-electron chi connectivity index (χ1n) is 14.2. The maximum atomic E-state index is 13.1. The average Bonchev–Trinajstić information content (AvgIpc) is 3.64. The van der Waals surface area contributed by atoms with Gasteiger partial charge in [0.1, 0.15) is 18.1 Å². The lowest BCUT2D eigenvalue weighted by molar-refractivity contribution is -0.0432. The maximum Gasteiger partial charge on any atom is 0.280 e. The van der Waals surface area contributed by atoms with Crippen LogP contribution in [-0.4, -0.2) is 55.7 Å². The van der Waals surface area contributed by atoms with Crippen molar-refractivity contribution in [2.24, 2.45) is 17.3 Å². The zero-order valence-corrected chi connectivity index (χ0v) is 22.5. The molecule has 1 saturated heterocycles. The first-order valence-corrected chi connectivity index (χ1v) is 14.2. The van der Waals surface area contributed by atoms with Gasteiger partial charge >= 0.3 is 0 Å². The van der Waals surface area contributed by atoms with Gasteiger partial charge in [0.05, 0.1) is 32.2 Å². The molecule has 0 amide bonds. The highest BCUT2D eigenvalue weighted by molar-refractivity contribution is 5.71. The average molecular weight is 536 g/mol. The summed E-state index contributed by atoms with van der Waals surface area (Å²) in [5.74, 6) is 3.03. The summed E-state index contributed by atoms with van der Waals surface area (Å²) in [6.07, 6.45) is 7.16. The second-order valence-electron chi connectivity index (χ2n) is 12.2. The van der Waals surface area contributed by atoms with Crippen LogP contribution in [0.25, 0.3) is 11.2 Å². The molecule has 39 heavy (non-hydrogen) atoms. The number of hydrogen-bond donors (Lipinski definition) is 4. The smallest absolute Gasteiger partial charge is 0.280 e. The van der Waals surface area contributed by atoms with E-state index in [4.69, 9.17) is 14.5 Å². The van der Waals surface area contributed by atoms with Gasteiger partial charge in [-0.05, 0) is 78.5 Å². The Hall–Kier alpha value is -2.95. The fourth-order valence-corrected chi connectivity index (χ4v) is 8.27. The Morgan fingerprint density at radius 3 is 2.92 bits per heavy atom. The van der Waals surface area contributed by atoms with Gasteiger partial charge in [0.25, 0.3) is 5.56 Å². The number of imidazole rings is 1. The first kappa shape index (κ1) is 25.0. The van der Waals surface area contributed by atoms with Crippen LogP contribution in [0.1, 0.15) is 81.2 Å². The topological polar surface area (TPSA) is 135 Å². The SMILES string of the molecule is COc1ccc2c(c1)[C@@H](Nc1nc3c(ncn3[C@H]3C[C@H](O)[C@@H](CO)O3)c(=O)[nH]1)C[C@@H]1[C@@H]2CC[C@]2(C)CCC[C@@H]12. The molecule has 0 bridgehead atoms. The Bertz CT molecular complexity index is 1450. The Morgan fingerprint density at radius 2 is 2.13 bits per heavy atom. The molecule has 1 aliphatic heterocycles. The fraction of sp³-hybridized carbons (Fsp3) is 0.621. The molecule has 3 fully saturated rings. The summed E-state index contributed by atoms with van der Waals surface area (Å²) < 4.78 is 13.1. The highest BCUT2D eigenvalue weighted by atomic mass is 16.5. The molecule has 7 rings (SSSR count). The number of ether oxygens (including phenoxy) is 2. The number of aliphatic hydroxyl groups excluding tert-OH is 2. The predicted octanol–water partition coefficient (Wildman–Crippen LogP) is 3.63. The largest absolute Gasteiger partial charge is 0.497 e. The van der Waals surface area contributed by atoms with Gasteiger partial charge in [0.2, 0.25) is 5.95 Å². The number of anilines is 1. The molecule has 3 aliphatic carbocycles. The van der Waals surface area contributed by atoms with Crippen molar-refractivity contribution in [3.8, 4) is 5.75 Å². The summed E-state index contributed by atoms with van der Waals surface area (Å²) in [6.45, 7) is 2.21. The zero-order valence-electron chi connectivity index (χ0n) is 22.5. The standard InChI is InChI=1S/C29H37N5O5/c1-29-8-3-4-20(29)18-11-21(19-10-15(38-2)5-6-16(19)17(18)7-9-29)31-28-32-26-25(27(37)33-28)30-14-34(26)24-12-22(36)23(13-35)39-24/h5-6,10,14,17-18,20-24,35-36H,3-4,7-9,11-13H2,1-2H3,(H2,31,32,33,37)/t17-,18-,20+,21+,22+,23-,24-,29+/m1/s1. The number of rotatable bonds is 5. The van der Waals surface area contributed by atoms with Crippen molar-refractivity contribution in [2.75, 3.05) is 19.0 Å². The van der Waals surface area contributed by atoms with E-state index in [1.54, 1.807) is 11.7 Å². The van der Waals surface area contributed by atoms with E-state index in [2.05, 4.69) is 40.4 Å². The van der Waals surface area contributed by atoms with E-state index in [-0.39, 0.29) is 30.1 Å². The molecule has 3 heterocycles. The minimum Gasteiger partial charge on any atom is -0.497 e. The fourth-order valence-electron chi connectivity index (χ4n) is 8.27. The third kappa shape index (κ3) is 3.98. The number of benzene rings is 1. The van der Waals surface area contributed by atoms with Gasteiger partial charge in [-0.1, -0.05) is 19.4 Å². The summed E-state index contributed by atoms with van der Waals surface area (Å²) in [5.41, 5.74) is 3.28. The number of hydrogen-bond acceptors (Lipinski definition) is 8. The number of aromatic nitrogens is 4. The van der Waals surface area contributed by atoms with Crippen molar-refractivity contribution in [3.63, 3.8) is 0 Å². The normalized spacial score (nSPS) is 35.4. The highest BCUT2D eigenvalue weighted by Gasteiger charge is 2.51. The summed E-state index contributed by atoms with van der Waals surface area (Å²) >= 11 is 0. The van der Waals surface area contributed by atoms with Gasteiger partial charge in [0.15, 0.2) is 11.2 Å². The Balaban J connectivity index is 1.25. The minimum absolute atomic E-state index is 0.0282. The predicted molar refractivity (Wildman–Crippen MR) is 145 cm³/mol. The number of nitrogens with one attached hydrogen (secondary N) is 2. The van der Waals surface area contributed by atoms with Gasteiger partial charge < -0.3 is 25.0 Å². The molecule has 4 aliphatic rings. The number of aromatic amines is 1. The third-order valence-electron chi connectivity index (χ3n) is 10.2. The molecule has 2 saturated carbocycles. The highest BCUT2D eigenvalue weighted by Crippen LogP contribution is 2.62. The van der Waals surface area contributed by atoms with E-state index in [1.165, 1.54) is 49.6 Å². The Morgan fingerprint density at radius 1 is 1.26 bits per heavy atom. The van der Waals surface area contributed by atoms with E-state index in [9.17, 15) is 15.0 Å². The molecule has 8 atom stereocenters. The van der Waals surface area contributed by atoms with Crippen LogP contribution in [0.2, 0.25) is 0 Å². The van der Waals surface area contributed by atoms with Gasteiger partial charge in [0, 0.05) is 6.42 Å². The summed E-state index contributed by atoms with van der Waals surface area (Å²) in [4.78, 5) is 25.0. The van der Waals surface area contributed by atoms with Gasteiger partial charge in [-0.2, -0.15) is 4.98 Å². The van der Waals surface area contributed by atoms with Crippen molar-refractivity contribution in [3.05, 3.63) is 46.0 Å². The van der Waals surface area contributed by atoms with E-state index >= 15 is 0 Å². The first-order chi connectivity index (χ1) is 18.9. The lowest BCUT2D eigenvalue weighted by Gasteiger charge is -2.51. The van der Waals surface area contributed by atoms with Crippen molar-refractivity contribution < 1.29 is 19.7 Å². The molecule has 0 unspecified atom stereocenters. The van der Waals surface area contributed by atoms with Gasteiger partial charge in [-0.3, -0.25) is 14.3 Å². The number of fused-ring (bicyclic) bond motifs is 6. The lowest BCUT2D eigenvalue weighted by Crippen LogP contribution is -2.41. The zero-order chi connectivity index (χ0) is 26.9. The third-order valence-corrected chi connectivity index (χ3v) is 10.2. The second kappa shape index (κ2) is 9.31. The van der Waals surface area contributed by atoms with Crippen molar-refractivity contribution in [1.29, 1.82) is 0 Å². The quantitative estimate of drug-likeness (QED) is 0.389. The molecular formula is C29H37N5O5. The number of nitrogens with zero attached hydrogens (tertiary/aromatic N) is 3. The van der Waals surface area contributed by atoms with Crippen LogP contribution in [0.3, 0.4) is 0 Å². The summed E-state index contributed by atoms with van der Waals surface area (Å²) in [5, 5.41) is 23.3. The van der Waals surface area contributed by atoms with Crippen LogP contribution in [-0.2, 0) is 4.74 Å². The molecular weight excluding hydrogens is 498 g/mol. The lowest BCUT2D eigenvalue weighted by atomic mass is 9.55. The van der Waals surface area contributed by atoms with E-state index < -0.39 is 18.4 Å². The van der Waals surface area contributed by atoms with Crippen molar-refractivity contribution in [2.45, 2.75) is 82.3 Å². The van der Waals surface area contributed by atoms with Crippen LogP contribution in [0, 0.1) is 17.3 Å². The molecule has 4 N–H and O–H groups in total. The van der Waals surface area contributed by atoms with Crippen LogP contribution in [0.5, 0.6) is 5.75 Å². The van der Waals surface area contributed by atoms with Crippen LogP contribution < -0.4 is 15.6 Å². The van der Waals surface area contributed by atoms with Gasteiger partial charge in [-0.15, -0.1) is 0 Å². The maximum absolute atomic E-state index is 13.1. The second-order valence-corrected chi connectivity index (χ2v) is 12.2. The molecule has 10 heteroatoms. The summed E-state index contributed by atoms with van der Waals surface area (Å²) in [6, 6.07) is 6.42. The molecule has 208 valence electrons. The molecule has 1 aromatic carbocycles. The Labute approximate surface area is 226 Å². The van der Waals surface area contributed by atoms with Crippen LogP contribution >= 0.6 is 0 Å². The van der Waals surface area contributed by atoms with Crippen molar-refractivity contribution >= 4 is 17.1 Å². The van der Waals surface area contributed by atoms with E-state index in [0.717, 1.165) is 12.2 Å². The number of methoxy groups -OCH3 is 1. The van der Waals surface area contributed by atoms with E-state index in [0.29, 0.717) is 34.8 Å². The number of aliphatic hydroxyl groups is 2. The van der Waals surface area contributed by atoms with Crippen LogP contribution in [0.15, 0.2) is 29.3 Å². The molecule has 0 spiro atoms. The molecule has 0 radical (unpaired) electrons. The van der Waals surface area contributed by atoms with Gasteiger partial charge in [-0.25, -0.2) is 4.98 Å². The summed E-state index contributed by atoms with van der Waals surface area (Å²) in [7, 11) is 1.69. The molecule has 10 nitrogen and oxygen atoms in total. The van der Waals surface area contributed by atoms with Crippen molar-refractivity contribution in [1.82, 2.24) is 19.5 Å². The van der Waals surface area contributed by atoms with E-state index in [1.807, 2.05) is 0 Å². The van der Waals surface area contributed by atoms with Crippen LogP contribution in [0.4, 0.5) is 5.95 Å². The molecule has 2 aromatic heterocycles. The molecule has 3 aromatic rings. The number of H-pyrrole nitrogens is 1.